The predicted octanol–water partition coefficient (Wildman–Crippen LogP) is 1.59. The van der Waals surface area contributed by atoms with E-state index in [0.717, 1.165) is 44.8 Å². The van der Waals surface area contributed by atoms with Gasteiger partial charge in [-0.1, -0.05) is 13.3 Å². The van der Waals surface area contributed by atoms with Crippen LogP contribution >= 0.6 is 0 Å². The topological polar surface area (TPSA) is 75.2 Å². The molecule has 1 aliphatic heterocycles. The Morgan fingerprint density at radius 1 is 1.26 bits per heavy atom. The third kappa shape index (κ3) is 8.06. The van der Waals surface area contributed by atoms with Crippen LogP contribution in [-0.4, -0.2) is 69.5 Å². The van der Waals surface area contributed by atoms with E-state index in [4.69, 9.17) is 9.47 Å². The summed E-state index contributed by atoms with van der Waals surface area (Å²) < 4.78 is 10.5. The normalized spacial score (nSPS) is 16.3. The van der Waals surface area contributed by atoms with Crippen molar-refractivity contribution in [3.8, 4) is 0 Å². The zero-order valence-electron chi connectivity index (χ0n) is 14.8. The zero-order chi connectivity index (χ0) is 16.9. The Kier molecular flexibility index (Phi) is 10.2. The van der Waals surface area contributed by atoms with Crippen LogP contribution < -0.4 is 10.6 Å². The summed E-state index contributed by atoms with van der Waals surface area (Å²) in [4.78, 5) is 17.7. The number of hydrogen-bond acceptors (Lipinski definition) is 4. The number of rotatable bonds is 8. The van der Waals surface area contributed by atoms with Gasteiger partial charge in [0.25, 0.3) is 0 Å². The molecular formula is C16H32N4O3. The van der Waals surface area contributed by atoms with E-state index in [1.165, 1.54) is 0 Å². The summed E-state index contributed by atoms with van der Waals surface area (Å²) in [5, 5.41) is 6.66. The molecule has 23 heavy (non-hydrogen) atoms. The van der Waals surface area contributed by atoms with Crippen molar-refractivity contribution < 1.29 is 14.3 Å². The van der Waals surface area contributed by atoms with Crippen molar-refractivity contribution >= 4 is 12.1 Å². The molecule has 134 valence electrons. The van der Waals surface area contributed by atoms with E-state index in [0.29, 0.717) is 32.3 Å². The van der Waals surface area contributed by atoms with E-state index in [2.05, 4.69) is 22.5 Å². The van der Waals surface area contributed by atoms with Gasteiger partial charge in [-0.2, -0.15) is 0 Å². The van der Waals surface area contributed by atoms with Crippen LogP contribution in [0.2, 0.25) is 0 Å². The van der Waals surface area contributed by atoms with Crippen molar-refractivity contribution in [2.24, 2.45) is 4.99 Å². The Balaban J connectivity index is 2.18. The van der Waals surface area contributed by atoms with Crippen LogP contribution in [0.5, 0.6) is 0 Å². The molecule has 0 aliphatic carbocycles. The van der Waals surface area contributed by atoms with E-state index < -0.39 is 0 Å². The molecule has 0 unspecified atom stereocenters. The second-order valence-corrected chi connectivity index (χ2v) is 5.57. The lowest BCUT2D eigenvalue weighted by Gasteiger charge is -2.32. The molecule has 0 aromatic carbocycles. The third-order valence-corrected chi connectivity index (χ3v) is 3.77. The van der Waals surface area contributed by atoms with Gasteiger partial charge >= 0.3 is 6.09 Å². The minimum absolute atomic E-state index is 0.210. The molecule has 0 bridgehead atoms. The zero-order valence-corrected chi connectivity index (χ0v) is 14.8. The van der Waals surface area contributed by atoms with Crippen LogP contribution in [0.3, 0.4) is 0 Å². The van der Waals surface area contributed by atoms with Crippen molar-refractivity contribution in [2.45, 2.75) is 45.6 Å². The molecule has 0 saturated carbocycles. The SMILES string of the molecule is CCCCOCCNC(=NC)NC1CCN(C(=O)OCC)CC1. The van der Waals surface area contributed by atoms with Crippen molar-refractivity contribution in [2.75, 3.05) is 46.5 Å². The molecule has 0 atom stereocenters. The average Bonchev–Trinajstić information content (AvgIpc) is 2.57. The quantitative estimate of drug-likeness (QED) is 0.402. The Morgan fingerprint density at radius 3 is 2.61 bits per heavy atom. The van der Waals surface area contributed by atoms with Gasteiger partial charge in [-0.05, 0) is 26.2 Å². The Labute approximate surface area is 139 Å². The van der Waals surface area contributed by atoms with Gasteiger partial charge in [-0.3, -0.25) is 4.99 Å². The molecule has 0 spiro atoms. The van der Waals surface area contributed by atoms with Gasteiger partial charge < -0.3 is 25.0 Å². The first-order valence-corrected chi connectivity index (χ1v) is 8.67. The van der Waals surface area contributed by atoms with Gasteiger partial charge in [0.15, 0.2) is 5.96 Å². The van der Waals surface area contributed by atoms with E-state index >= 15 is 0 Å². The number of hydrogen-bond donors (Lipinski definition) is 2. The number of guanidine groups is 1. The van der Waals surface area contributed by atoms with Crippen LogP contribution in [0.4, 0.5) is 4.79 Å². The lowest BCUT2D eigenvalue weighted by molar-refractivity contribution is 0.0962. The molecule has 1 aliphatic rings. The van der Waals surface area contributed by atoms with Gasteiger partial charge in [-0.25, -0.2) is 4.79 Å². The summed E-state index contributed by atoms with van der Waals surface area (Å²) in [6.45, 7) is 8.08. The van der Waals surface area contributed by atoms with Crippen LogP contribution in [0.25, 0.3) is 0 Å². The number of ether oxygens (including phenoxy) is 2. The first kappa shape index (κ1) is 19.5. The number of piperidine rings is 1. The number of nitrogens with zero attached hydrogens (tertiary/aromatic N) is 2. The molecule has 0 aromatic heterocycles. The van der Waals surface area contributed by atoms with Crippen LogP contribution in [0.1, 0.15) is 39.5 Å². The van der Waals surface area contributed by atoms with E-state index in [1.54, 1.807) is 11.9 Å². The molecule has 1 fully saturated rings. The van der Waals surface area contributed by atoms with E-state index in [1.807, 2.05) is 6.92 Å². The summed E-state index contributed by atoms with van der Waals surface area (Å²) in [6.07, 6.45) is 3.84. The molecule has 0 aromatic rings. The van der Waals surface area contributed by atoms with Crippen LogP contribution in [-0.2, 0) is 9.47 Å². The lowest BCUT2D eigenvalue weighted by Crippen LogP contribution is -2.50. The predicted molar refractivity (Wildman–Crippen MR) is 91.8 cm³/mol. The molecule has 7 heteroatoms. The molecule has 2 N–H and O–H groups in total. The fourth-order valence-electron chi connectivity index (χ4n) is 2.40. The Hall–Kier alpha value is -1.50. The van der Waals surface area contributed by atoms with Crippen molar-refractivity contribution in [1.82, 2.24) is 15.5 Å². The Morgan fingerprint density at radius 2 is 2.00 bits per heavy atom. The summed E-state index contributed by atoms with van der Waals surface area (Å²) in [7, 11) is 1.76. The highest BCUT2D eigenvalue weighted by Crippen LogP contribution is 2.11. The van der Waals surface area contributed by atoms with Gasteiger partial charge in [0.1, 0.15) is 0 Å². The number of carbonyl (C=O) groups is 1. The highest BCUT2D eigenvalue weighted by Gasteiger charge is 2.23. The highest BCUT2D eigenvalue weighted by molar-refractivity contribution is 5.80. The highest BCUT2D eigenvalue weighted by atomic mass is 16.6. The maximum absolute atomic E-state index is 11.7. The molecule has 1 amide bonds. The molecule has 1 heterocycles. The largest absolute Gasteiger partial charge is 0.450 e. The maximum atomic E-state index is 11.7. The number of amides is 1. The minimum Gasteiger partial charge on any atom is -0.450 e. The fraction of sp³-hybridized carbons (Fsp3) is 0.875. The smallest absolute Gasteiger partial charge is 0.409 e. The summed E-state index contributed by atoms with van der Waals surface area (Å²) >= 11 is 0. The standard InChI is InChI=1S/C16H32N4O3/c1-4-6-12-22-13-9-18-15(17-3)19-14-7-10-20(11-8-14)16(21)23-5-2/h14H,4-13H2,1-3H3,(H2,17,18,19). The molecular weight excluding hydrogens is 296 g/mol. The number of carbonyl (C=O) groups excluding carboxylic acids is 1. The number of aliphatic imine (C=N–C) groups is 1. The third-order valence-electron chi connectivity index (χ3n) is 3.77. The van der Waals surface area contributed by atoms with Crippen molar-refractivity contribution in [1.29, 1.82) is 0 Å². The van der Waals surface area contributed by atoms with Gasteiger partial charge in [0, 0.05) is 39.3 Å². The van der Waals surface area contributed by atoms with Gasteiger partial charge in [0.2, 0.25) is 0 Å². The van der Waals surface area contributed by atoms with Crippen LogP contribution in [0.15, 0.2) is 4.99 Å². The fourth-order valence-corrected chi connectivity index (χ4v) is 2.40. The second-order valence-electron chi connectivity index (χ2n) is 5.57. The van der Waals surface area contributed by atoms with E-state index in [9.17, 15) is 4.79 Å². The van der Waals surface area contributed by atoms with Crippen molar-refractivity contribution in [3.05, 3.63) is 0 Å². The van der Waals surface area contributed by atoms with E-state index in [-0.39, 0.29) is 6.09 Å². The van der Waals surface area contributed by atoms with Crippen molar-refractivity contribution in [3.63, 3.8) is 0 Å². The minimum atomic E-state index is -0.210. The average molecular weight is 328 g/mol. The Bertz CT molecular complexity index is 355. The first-order valence-electron chi connectivity index (χ1n) is 8.67. The monoisotopic (exact) mass is 328 g/mol. The molecule has 1 rings (SSSR count). The summed E-state index contributed by atoms with van der Waals surface area (Å²) in [5.41, 5.74) is 0. The molecule has 7 nitrogen and oxygen atoms in total. The molecule has 0 radical (unpaired) electrons. The number of likely N-dealkylation sites (tertiary alicyclic amines) is 1. The summed E-state index contributed by atoms with van der Waals surface area (Å²) in [6, 6.07) is 0.327. The van der Waals surface area contributed by atoms with Gasteiger partial charge in [-0.15, -0.1) is 0 Å². The summed E-state index contributed by atoms with van der Waals surface area (Å²) in [5.74, 6) is 0.790. The number of unbranched alkanes of at least 4 members (excludes halogenated alkanes) is 1. The van der Waals surface area contributed by atoms with Crippen LogP contribution in [0, 0.1) is 0 Å². The number of nitrogens with one attached hydrogen (secondary N) is 2. The second kappa shape index (κ2) is 12.0. The maximum Gasteiger partial charge on any atom is 0.409 e. The first-order chi connectivity index (χ1) is 11.2. The van der Waals surface area contributed by atoms with Gasteiger partial charge in [0.05, 0.1) is 13.2 Å². The lowest BCUT2D eigenvalue weighted by atomic mass is 10.1. The molecule has 1 saturated heterocycles.